The van der Waals surface area contributed by atoms with E-state index in [1.54, 1.807) is 0 Å². The van der Waals surface area contributed by atoms with Crippen molar-refractivity contribution in [3.63, 3.8) is 0 Å². The predicted molar refractivity (Wildman–Crippen MR) is 87.7 cm³/mol. The number of alkyl halides is 3. The van der Waals surface area contributed by atoms with Crippen molar-refractivity contribution >= 4 is 21.7 Å². The molecule has 2 atom stereocenters. The molecule has 0 saturated carbocycles. The largest absolute Gasteiger partial charge is 0.394 e. The molecule has 1 saturated heterocycles. The fourth-order valence-electron chi connectivity index (χ4n) is 2.76. The molecule has 26 heavy (non-hydrogen) atoms. The van der Waals surface area contributed by atoms with Gasteiger partial charge >= 0.3 is 12.2 Å². The van der Waals surface area contributed by atoms with Crippen molar-refractivity contribution in [2.75, 3.05) is 32.5 Å². The van der Waals surface area contributed by atoms with Crippen LogP contribution in [0.25, 0.3) is 0 Å². The number of anilines is 1. The highest BCUT2D eigenvalue weighted by atomic mass is 32.2. The van der Waals surface area contributed by atoms with Crippen LogP contribution in [-0.4, -0.2) is 62.3 Å². The Morgan fingerprint density at radius 1 is 1.27 bits per heavy atom. The lowest BCUT2D eigenvalue weighted by Gasteiger charge is -2.23. The first-order valence-electron chi connectivity index (χ1n) is 7.64. The highest BCUT2D eigenvalue weighted by molar-refractivity contribution is 7.89. The first-order chi connectivity index (χ1) is 11.9. The highest BCUT2D eigenvalue weighted by Gasteiger charge is 2.56. The number of amides is 2. The lowest BCUT2D eigenvalue weighted by Crippen LogP contribution is -2.43. The average Bonchev–Trinajstić information content (AvgIpc) is 2.98. The van der Waals surface area contributed by atoms with Crippen molar-refractivity contribution in [3.8, 4) is 0 Å². The summed E-state index contributed by atoms with van der Waals surface area (Å²) >= 11 is 0. The zero-order valence-electron chi connectivity index (χ0n) is 14.3. The minimum atomic E-state index is -4.78. The number of hydrogen-bond acceptors (Lipinski definition) is 3. The third-order valence-corrected chi connectivity index (χ3v) is 6.64. The molecule has 1 N–H and O–H groups in total. The molecule has 1 aliphatic heterocycles. The molecule has 2 rings (SSSR count). The summed E-state index contributed by atoms with van der Waals surface area (Å²) < 4.78 is 78.6. The number of nitrogens with one attached hydrogen (secondary N) is 1. The van der Waals surface area contributed by atoms with E-state index in [2.05, 4.69) is 5.32 Å². The third kappa shape index (κ3) is 3.93. The molecule has 1 aromatic rings. The molecule has 1 aromatic carbocycles. The zero-order valence-corrected chi connectivity index (χ0v) is 15.2. The van der Waals surface area contributed by atoms with Gasteiger partial charge in [0, 0.05) is 38.4 Å². The van der Waals surface area contributed by atoms with Crippen molar-refractivity contribution in [3.05, 3.63) is 29.6 Å². The van der Waals surface area contributed by atoms with Gasteiger partial charge in [0.15, 0.2) is 0 Å². The van der Waals surface area contributed by atoms with E-state index in [0.29, 0.717) is 4.31 Å². The fourth-order valence-corrected chi connectivity index (χ4v) is 4.33. The number of carbonyl (C=O) groups excluding carboxylic acids is 1. The topological polar surface area (TPSA) is 69.7 Å². The Hall–Kier alpha value is -1.88. The smallest absolute Gasteiger partial charge is 0.322 e. The van der Waals surface area contributed by atoms with Gasteiger partial charge in [-0.3, -0.25) is 0 Å². The van der Waals surface area contributed by atoms with E-state index in [1.807, 2.05) is 0 Å². The number of rotatable bonds is 3. The SMILES string of the molecule is Cc1c(F)cccc1NC(=O)N1C[C@@H](C(F)(F)F)[C@H](S(=O)(=O)N(C)C)C1. The molecular formula is C15H19F4N3O3S. The van der Waals surface area contributed by atoms with E-state index < -0.39 is 52.3 Å². The molecule has 11 heteroatoms. The van der Waals surface area contributed by atoms with Crippen LogP contribution in [0.3, 0.4) is 0 Å². The van der Waals surface area contributed by atoms with Crippen LogP contribution in [0.2, 0.25) is 0 Å². The van der Waals surface area contributed by atoms with Crippen LogP contribution in [0, 0.1) is 18.7 Å². The average molecular weight is 397 g/mol. The van der Waals surface area contributed by atoms with E-state index in [-0.39, 0.29) is 11.3 Å². The number of nitrogens with zero attached hydrogens (tertiary/aromatic N) is 2. The van der Waals surface area contributed by atoms with Gasteiger partial charge in [0.25, 0.3) is 0 Å². The summed E-state index contributed by atoms with van der Waals surface area (Å²) in [5, 5.41) is 0.543. The highest BCUT2D eigenvalue weighted by Crippen LogP contribution is 2.38. The van der Waals surface area contributed by atoms with Crippen molar-refractivity contribution in [1.82, 2.24) is 9.21 Å². The lowest BCUT2D eigenvalue weighted by atomic mass is 10.1. The summed E-state index contributed by atoms with van der Waals surface area (Å²) in [6, 6.07) is 3.02. The maximum Gasteiger partial charge on any atom is 0.394 e. The Morgan fingerprint density at radius 2 is 1.88 bits per heavy atom. The second-order valence-corrected chi connectivity index (χ2v) is 8.63. The lowest BCUT2D eigenvalue weighted by molar-refractivity contribution is -0.169. The summed E-state index contributed by atoms with van der Waals surface area (Å²) in [4.78, 5) is 13.1. The first kappa shape index (κ1) is 20.4. The second kappa shape index (κ2) is 7.03. The van der Waals surface area contributed by atoms with Crippen LogP contribution >= 0.6 is 0 Å². The quantitative estimate of drug-likeness (QED) is 0.797. The van der Waals surface area contributed by atoms with E-state index in [0.717, 1.165) is 19.0 Å². The molecule has 0 aromatic heterocycles. The molecular weight excluding hydrogens is 378 g/mol. The van der Waals surface area contributed by atoms with Crippen LogP contribution in [0.4, 0.5) is 28.0 Å². The Balaban J connectivity index is 2.26. The monoisotopic (exact) mass is 397 g/mol. The van der Waals surface area contributed by atoms with Gasteiger partial charge < -0.3 is 10.2 Å². The van der Waals surface area contributed by atoms with Gasteiger partial charge in [0.1, 0.15) is 11.1 Å². The standard InChI is InChI=1S/C15H19F4N3O3S/c1-9-11(16)5-4-6-12(9)20-14(23)22-7-10(15(17,18)19)13(8-22)26(24,25)21(2)3/h4-6,10,13H,7-8H2,1-3H3,(H,20,23)/t10-,13-/m1/s1. The number of likely N-dealkylation sites (tertiary alicyclic amines) is 1. The van der Waals surface area contributed by atoms with E-state index in [1.165, 1.54) is 25.1 Å². The van der Waals surface area contributed by atoms with Gasteiger partial charge in [-0.25, -0.2) is 21.9 Å². The van der Waals surface area contributed by atoms with Crippen molar-refractivity contribution in [2.45, 2.75) is 18.3 Å². The third-order valence-electron chi connectivity index (χ3n) is 4.37. The molecule has 0 bridgehead atoms. The molecule has 0 unspecified atom stereocenters. The number of benzene rings is 1. The van der Waals surface area contributed by atoms with Gasteiger partial charge in [0.05, 0.1) is 5.92 Å². The number of sulfonamides is 1. The Labute approximate surface area is 148 Å². The van der Waals surface area contributed by atoms with Gasteiger partial charge in [-0.15, -0.1) is 0 Å². The maximum absolute atomic E-state index is 13.5. The van der Waals surface area contributed by atoms with Crippen LogP contribution < -0.4 is 5.32 Å². The minimum Gasteiger partial charge on any atom is -0.322 e. The summed E-state index contributed by atoms with van der Waals surface area (Å²) in [5.41, 5.74) is 0.238. The maximum atomic E-state index is 13.5. The number of halogens is 4. The zero-order chi connectivity index (χ0) is 19.9. The van der Waals surface area contributed by atoms with Crippen molar-refractivity contribution in [2.24, 2.45) is 5.92 Å². The normalized spacial score (nSPS) is 21.3. The van der Waals surface area contributed by atoms with Gasteiger partial charge in [-0.05, 0) is 19.1 Å². The molecule has 1 heterocycles. The number of urea groups is 1. The van der Waals surface area contributed by atoms with Gasteiger partial charge in [-0.1, -0.05) is 6.07 Å². The van der Waals surface area contributed by atoms with E-state index in [9.17, 15) is 30.8 Å². The van der Waals surface area contributed by atoms with Crippen molar-refractivity contribution in [1.29, 1.82) is 0 Å². The van der Waals surface area contributed by atoms with Gasteiger partial charge in [-0.2, -0.15) is 13.2 Å². The Morgan fingerprint density at radius 3 is 2.42 bits per heavy atom. The van der Waals surface area contributed by atoms with Crippen LogP contribution in [0.1, 0.15) is 5.56 Å². The van der Waals surface area contributed by atoms with E-state index in [4.69, 9.17) is 0 Å². The van der Waals surface area contributed by atoms with Crippen LogP contribution in [0.5, 0.6) is 0 Å². The molecule has 2 amide bonds. The van der Waals surface area contributed by atoms with E-state index >= 15 is 0 Å². The van der Waals surface area contributed by atoms with Gasteiger partial charge in [0.2, 0.25) is 10.0 Å². The molecule has 6 nitrogen and oxygen atoms in total. The molecule has 0 spiro atoms. The molecule has 1 fully saturated rings. The molecule has 146 valence electrons. The predicted octanol–water partition coefficient (Wildman–Crippen LogP) is 2.42. The fraction of sp³-hybridized carbons (Fsp3) is 0.533. The summed E-state index contributed by atoms with van der Waals surface area (Å²) in [6.07, 6.45) is -4.78. The van der Waals surface area contributed by atoms with Crippen molar-refractivity contribution < 1.29 is 30.8 Å². The Bertz CT molecular complexity index is 796. The van der Waals surface area contributed by atoms with Crippen LogP contribution in [-0.2, 0) is 10.0 Å². The minimum absolute atomic E-state index is 0.109. The Kier molecular flexibility index (Phi) is 5.52. The molecule has 1 aliphatic rings. The molecule has 0 aliphatic carbocycles. The molecule has 0 radical (unpaired) electrons. The van der Waals surface area contributed by atoms with Crippen LogP contribution in [0.15, 0.2) is 18.2 Å². The number of hydrogen-bond donors (Lipinski definition) is 1. The second-order valence-electron chi connectivity index (χ2n) is 6.26. The summed E-state index contributed by atoms with van der Waals surface area (Å²) in [5.74, 6) is -2.78. The summed E-state index contributed by atoms with van der Waals surface area (Å²) in [7, 11) is -1.95. The first-order valence-corrected chi connectivity index (χ1v) is 9.15. The summed E-state index contributed by atoms with van der Waals surface area (Å²) in [6.45, 7) is 0.0130. The number of carbonyl (C=O) groups is 1.